The van der Waals surface area contributed by atoms with Crippen molar-refractivity contribution >= 4 is 6.29 Å². The van der Waals surface area contributed by atoms with Crippen molar-refractivity contribution in [2.45, 2.75) is 19.6 Å². The number of hydrogen-bond acceptors (Lipinski definition) is 3. The van der Waals surface area contributed by atoms with E-state index in [0.717, 1.165) is 6.29 Å². The summed E-state index contributed by atoms with van der Waals surface area (Å²) in [6.45, 7) is 3.69. The van der Waals surface area contributed by atoms with Gasteiger partial charge in [-0.2, -0.15) is 0 Å². The first kappa shape index (κ1) is 6.13. The largest absolute Gasteiger partial charge is 0.474 e. The zero-order valence-corrected chi connectivity index (χ0v) is 5.47. The van der Waals surface area contributed by atoms with Gasteiger partial charge in [0.15, 0.2) is 12.0 Å². The molecule has 0 aromatic rings. The molecule has 3 nitrogen and oxygen atoms in total. The van der Waals surface area contributed by atoms with Gasteiger partial charge in [-0.3, -0.25) is 4.79 Å². The molecule has 0 aliphatic carbocycles. The molecule has 0 saturated heterocycles. The zero-order chi connectivity index (χ0) is 6.91. The van der Waals surface area contributed by atoms with E-state index in [1.165, 1.54) is 6.26 Å². The third-order valence-electron chi connectivity index (χ3n) is 1.05. The summed E-state index contributed by atoms with van der Waals surface area (Å²) in [6, 6.07) is 0. The summed E-state index contributed by atoms with van der Waals surface area (Å²) in [5.41, 5.74) is 0.0935. The number of nitrogens with one attached hydrogen (secondary N) is 1. The van der Waals surface area contributed by atoms with Crippen molar-refractivity contribution in [1.82, 2.24) is 5.32 Å². The normalized spacial score (nSPS) is 21.8. The lowest BCUT2D eigenvalue weighted by Gasteiger charge is -2.18. The lowest BCUT2D eigenvalue weighted by Crippen LogP contribution is -2.34. The molecular weight excluding hydrogens is 118 g/mol. The van der Waals surface area contributed by atoms with E-state index < -0.39 is 5.72 Å². The zero-order valence-electron chi connectivity index (χ0n) is 5.47. The Hall–Kier alpha value is -0.990. The van der Waals surface area contributed by atoms with Crippen LogP contribution in [0.2, 0.25) is 0 Å². The Bertz CT molecular complexity index is 160. The van der Waals surface area contributed by atoms with Crippen molar-refractivity contribution < 1.29 is 9.53 Å². The topological polar surface area (TPSA) is 38.3 Å². The summed E-state index contributed by atoms with van der Waals surface area (Å²) in [5, 5.41) is 2.85. The number of allylic oxidation sites excluding steroid dienone is 1. The maximum atomic E-state index is 10.1. The van der Waals surface area contributed by atoms with E-state index in [0.29, 0.717) is 5.70 Å². The molecule has 0 atom stereocenters. The molecule has 0 unspecified atom stereocenters. The molecular formula is C6H9NO2. The highest BCUT2D eigenvalue weighted by atomic mass is 16.5. The maximum Gasteiger partial charge on any atom is 0.174 e. The van der Waals surface area contributed by atoms with Gasteiger partial charge < -0.3 is 10.1 Å². The lowest BCUT2D eigenvalue weighted by atomic mass is 10.3. The number of carbonyl (C=O) groups excluding carboxylic acids is 1. The van der Waals surface area contributed by atoms with Crippen molar-refractivity contribution in [3.63, 3.8) is 0 Å². The van der Waals surface area contributed by atoms with Crippen LogP contribution in [0.3, 0.4) is 0 Å². The minimum absolute atomic E-state index is 0.407. The Morgan fingerprint density at radius 3 is 2.67 bits per heavy atom. The molecule has 0 aromatic heterocycles. The Kier molecular flexibility index (Phi) is 1.20. The van der Waals surface area contributed by atoms with Crippen LogP contribution in [0.5, 0.6) is 0 Å². The van der Waals surface area contributed by atoms with Crippen LogP contribution in [0.15, 0.2) is 12.0 Å². The molecule has 9 heavy (non-hydrogen) atoms. The van der Waals surface area contributed by atoms with E-state index in [1.54, 1.807) is 0 Å². The highest BCUT2D eigenvalue weighted by Crippen LogP contribution is 2.13. The van der Waals surface area contributed by atoms with Crippen LogP contribution >= 0.6 is 0 Å². The van der Waals surface area contributed by atoms with Gasteiger partial charge in [0.05, 0.1) is 0 Å². The monoisotopic (exact) mass is 127 g/mol. The molecule has 0 fully saturated rings. The second-order valence-electron chi connectivity index (χ2n) is 2.44. The van der Waals surface area contributed by atoms with E-state index in [4.69, 9.17) is 4.74 Å². The first-order chi connectivity index (χ1) is 4.14. The Morgan fingerprint density at radius 1 is 1.78 bits per heavy atom. The van der Waals surface area contributed by atoms with E-state index in [2.05, 4.69) is 5.32 Å². The van der Waals surface area contributed by atoms with Gasteiger partial charge in [-0.15, -0.1) is 0 Å². The molecule has 1 heterocycles. The van der Waals surface area contributed by atoms with Crippen LogP contribution < -0.4 is 5.32 Å². The highest BCUT2D eigenvalue weighted by molar-refractivity contribution is 5.72. The molecule has 1 rings (SSSR count). The van der Waals surface area contributed by atoms with Gasteiger partial charge in [-0.25, -0.2) is 0 Å². The van der Waals surface area contributed by atoms with Gasteiger partial charge >= 0.3 is 0 Å². The Labute approximate surface area is 53.7 Å². The van der Waals surface area contributed by atoms with Gasteiger partial charge in [-0.1, -0.05) is 0 Å². The fourth-order valence-electron chi connectivity index (χ4n) is 0.675. The second kappa shape index (κ2) is 1.76. The van der Waals surface area contributed by atoms with E-state index in [9.17, 15) is 4.79 Å². The van der Waals surface area contributed by atoms with Gasteiger partial charge in [-0.05, 0) is 13.8 Å². The number of aldehydes is 1. The molecule has 1 aliphatic rings. The summed E-state index contributed by atoms with van der Waals surface area (Å²) in [5.74, 6) is 0. The minimum Gasteiger partial charge on any atom is -0.474 e. The van der Waals surface area contributed by atoms with E-state index in [1.807, 2.05) is 13.8 Å². The summed E-state index contributed by atoms with van der Waals surface area (Å²) in [4.78, 5) is 10.1. The van der Waals surface area contributed by atoms with Crippen LogP contribution in [0, 0.1) is 0 Å². The van der Waals surface area contributed by atoms with Crippen molar-refractivity contribution in [3.05, 3.63) is 12.0 Å². The van der Waals surface area contributed by atoms with Gasteiger partial charge in [0, 0.05) is 0 Å². The van der Waals surface area contributed by atoms with Crippen LogP contribution in [0.4, 0.5) is 0 Å². The molecule has 50 valence electrons. The molecule has 0 aromatic carbocycles. The first-order valence-electron chi connectivity index (χ1n) is 2.75. The fourth-order valence-corrected chi connectivity index (χ4v) is 0.675. The number of carbonyl (C=O) groups is 1. The number of ether oxygens (including phenoxy) is 1. The smallest absolute Gasteiger partial charge is 0.174 e. The molecule has 0 bridgehead atoms. The predicted octanol–water partition coefficient (Wildman–Crippen LogP) is 0.383. The van der Waals surface area contributed by atoms with Crippen molar-refractivity contribution in [3.8, 4) is 0 Å². The first-order valence-corrected chi connectivity index (χ1v) is 2.75. The van der Waals surface area contributed by atoms with Gasteiger partial charge in [0.25, 0.3) is 0 Å². The summed E-state index contributed by atoms with van der Waals surface area (Å²) in [7, 11) is 0. The summed E-state index contributed by atoms with van der Waals surface area (Å²) < 4.78 is 5.04. The van der Waals surface area contributed by atoms with Crippen LogP contribution in [0.25, 0.3) is 0 Å². The molecule has 0 amide bonds. The van der Waals surface area contributed by atoms with Gasteiger partial charge in [0.2, 0.25) is 0 Å². The molecule has 1 N–H and O–H groups in total. The molecule has 0 saturated carbocycles. The summed E-state index contributed by atoms with van der Waals surface area (Å²) in [6.07, 6.45) is 2.15. The molecule has 1 aliphatic heterocycles. The standard InChI is InChI=1S/C6H9NO2/c1-6(2)7-5(3-8)4-9-6/h3-4,7H,1-2H3. The van der Waals surface area contributed by atoms with Crippen LogP contribution in [0.1, 0.15) is 13.8 Å². The molecule has 0 spiro atoms. The number of hydrogen-bond donors (Lipinski definition) is 1. The van der Waals surface area contributed by atoms with E-state index >= 15 is 0 Å². The van der Waals surface area contributed by atoms with Crippen LogP contribution in [-0.2, 0) is 9.53 Å². The third kappa shape index (κ3) is 1.22. The SMILES string of the molecule is CC1(C)NC(C=O)=CO1. The predicted molar refractivity (Wildman–Crippen MR) is 32.4 cm³/mol. The third-order valence-corrected chi connectivity index (χ3v) is 1.05. The van der Waals surface area contributed by atoms with Crippen LogP contribution in [-0.4, -0.2) is 12.0 Å². The lowest BCUT2D eigenvalue weighted by molar-refractivity contribution is -0.105. The van der Waals surface area contributed by atoms with Crippen molar-refractivity contribution in [2.75, 3.05) is 0 Å². The highest BCUT2D eigenvalue weighted by Gasteiger charge is 2.23. The minimum atomic E-state index is -0.407. The van der Waals surface area contributed by atoms with Gasteiger partial charge in [0.1, 0.15) is 12.0 Å². The Morgan fingerprint density at radius 2 is 2.44 bits per heavy atom. The average molecular weight is 127 g/mol. The molecule has 3 heteroatoms. The quantitative estimate of drug-likeness (QED) is 0.517. The molecule has 0 radical (unpaired) electrons. The number of rotatable bonds is 1. The second-order valence-corrected chi connectivity index (χ2v) is 2.44. The van der Waals surface area contributed by atoms with Crippen molar-refractivity contribution in [1.29, 1.82) is 0 Å². The van der Waals surface area contributed by atoms with Crippen molar-refractivity contribution in [2.24, 2.45) is 0 Å². The average Bonchev–Trinajstić information content (AvgIpc) is 2.10. The fraction of sp³-hybridized carbons (Fsp3) is 0.500. The Balaban J connectivity index is 2.59. The van der Waals surface area contributed by atoms with E-state index in [-0.39, 0.29) is 0 Å². The maximum absolute atomic E-state index is 10.1. The summed E-state index contributed by atoms with van der Waals surface area (Å²) >= 11 is 0.